The molecule has 2 amide bonds. The van der Waals surface area contributed by atoms with Crippen LogP contribution in [0.4, 0.5) is 4.79 Å². The number of aromatic amines is 1. The Labute approximate surface area is 138 Å². The van der Waals surface area contributed by atoms with E-state index in [2.05, 4.69) is 49.8 Å². The van der Waals surface area contributed by atoms with Gasteiger partial charge in [-0.2, -0.15) is 0 Å². The molecule has 124 valence electrons. The number of halogens is 1. The summed E-state index contributed by atoms with van der Waals surface area (Å²) in [5.74, 6) is 0.621. The van der Waals surface area contributed by atoms with Crippen LogP contribution < -0.4 is 5.32 Å². The highest BCUT2D eigenvalue weighted by Gasteiger charge is 2.31. The summed E-state index contributed by atoms with van der Waals surface area (Å²) < 4.78 is 5.22. The van der Waals surface area contributed by atoms with Crippen molar-refractivity contribution in [1.82, 2.24) is 20.2 Å². The normalized spacial score (nSPS) is 16.7. The maximum absolute atomic E-state index is 12.1. The van der Waals surface area contributed by atoms with E-state index < -0.39 is 6.09 Å². The molecule has 1 aromatic rings. The first-order valence-electron chi connectivity index (χ1n) is 7.35. The molecule has 1 atom stereocenters. The largest absolute Gasteiger partial charge is 0.453 e. The van der Waals surface area contributed by atoms with Gasteiger partial charge in [-0.1, -0.05) is 20.3 Å². The van der Waals surface area contributed by atoms with E-state index in [0.29, 0.717) is 6.54 Å². The Morgan fingerprint density at radius 3 is 2.77 bits per heavy atom. The minimum Gasteiger partial charge on any atom is -0.453 e. The number of nitrogens with zero attached hydrogens (tertiary/aromatic N) is 2. The van der Waals surface area contributed by atoms with Crippen LogP contribution in [0.15, 0.2) is 10.8 Å². The minimum absolute atomic E-state index is 0.0572. The monoisotopic (exact) mass is 374 g/mol. The molecule has 22 heavy (non-hydrogen) atoms. The van der Waals surface area contributed by atoms with E-state index in [-0.39, 0.29) is 18.5 Å². The van der Waals surface area contributed by atoms with Gasteiger partial charge in [-0.25, -0.2) is 9.78 Å². The molecule has 0 radical (unpaired) electrons. The highest BCUT2D eigenvalue weighted by atomic mass is 79.9. The highest BCUT2D eigenvalue weighted by molar-refractivity contribution is 9.10. The molecule has 0 bridgehead atoms. The van der Waals surface area contributed by atoms with E-state index >= 15 is 0 Å². The van der Waals surface area contributed by atoms with Crippen molar-refractivity contribution < 1.29 is 14.3 Å². The number of carbonyl (C=O) groups is 2. The van der Waals surface area contributed by atoms with Gasteiger partial charge in [0, 0.05) is 6.54 Å². The van der Waals surface area contributed by atoms with Crippen molar-refractivity contribution in [2.75, 3.05) is 20.2 Å². The summed E-state index contributed by atoms with van der Waals surface area (Å²) in [6, 6.07) is -0.0572. The van der Waals surface area contributed by atoms with E-state index in [1.54, 1.807) is 11.1 Å². The quantitative estimate of drug-likeness (QED) is 0.850. The molecule has 0 spiro atoms. The van der Waals surface area contributed by atoms with Crippen LogP contribution >= 0.6 is 15.9 Å². The maximum Gasteiger partial charge on any atom is 0.407 e. The molecule has 1 saturated heterocycles. The molecule has 1 aromatic heterocycles. The average Bonchev–Trinajstić information content (AvgIpc) is 3.13. The molecule has 2 heterocycles. The zero-order valence-electron chi connectivity index (χ0n) is 13.2. The van der Waals surface area contributed by atoms with Crippen molar-refractivity contribution in [2.45, 2.75) is 39.2 Å². The van der Waals surface area contributed by atoms with Gasteiger partial charge in [0.15, 0.2) is 0 Å². The standard InChI is InChI=1S/C11H15BrN4O3.C3H8/c1-19-11(18)14-6-9(17)16-4-2-3-7(16)10-13-5-8(12)15-10;1-3-2/h5,7H,2-4,6H2,1H3,(H,13,15)(H,14,18);3H2,1-2H3. The number of hydrogen-bond acceptors (Lipinski definition) is 4. The van der Waals surface area contributed by atoms with Crippen LogP contribution in [0.25, 0.3) is 0 Å². The van der Waals surface area contributed by atoms with Gasteiger partial charge in [0.05, 0.1) is 19.3 Å². The Bertz CT molecular complexity index is 492. The van der Waals surface area contributed by atoms with Crippen LogP contribution in [0.2, 0.25) is 0 Å². The third kappa shape index (κ3) is 5.32. The summed E-state index contributed by atoms with van der Waals surface area (Å²) in [6.07, 6.45) is 4.10. The fourth-order valence-corrected chi connectivity index (χ4v) is 2.46. The lowest BCUT2D eigenvalue weighted by Crippen LogP contribution is -2.40. The van der Waals surface area contributed by atoms with E-state index in [0.717, 1.165) is 23.3 Å². The number of likely N-dealkylation sites (tertiary alicyclic amines) is 1. The number of aromatic nitrogens is 2. The van der Waals surface area contributed by atoms with Crippen molar-refractivity contribution in [1.29, 1.82) is 0 Å². The lowest BCUT2D eigenvalue weighted by atomic mass is 10.2. The Morgan fingerprint density at radius 2 is 2.23 bits per heavy atom. The number of H-pyrrole nitrogens is 1. The fourth-order valence-electron chi connectivity index (χ4n) is 2.15. The molecule has 1 aliphatic rings. The molecule has 1 unspecified atom stereocenters. The van der Waals surface area contributed by atoms with Gasteiger partial charge < -0.3 is 19.9 Å². The summed E-state index contributed by atoms with van der Waals surface area (Å²) in [5, 5.41) is 2.39. The number of nitrogens with one attached hydrogen (secondary N) is 2. The van der Waals surface area contributed by atoms with Gasteiger partial charge in [-0.3, -0.25) is 4.79 Å². The molecular formula is C14H23BrN4O3. The number of amides is 2. The SMILES string of the molecule is CCC.COC(=O)NCC(=O)N1CCCC1c1ncc(Br)[nH]1. The summed E-state index contributed by atoms with van der Waals surface area (Å²) in [6.45, 7) is 4.86. The van der Waals surface area contributed by atoms with Crippen molar-refractivity contribution in [3.05, 3.63) is 16.6 Å². The summed E-state index contributed by atoms with van der Waals surface area (Å²) >= 11 is 3.30. The number of imidazole rings is 1. The van der Waals surface area contributed by atoms with Crippen molar-refractivity contribution in [3.63, 3.8) is 0 Å². The second-order valence-corrected chi connectivity index (χ2v) is 5.77. The van der Waals surface area contributed by atoms with Gasteiger partial charge in [-0.15, -0.1) is 0 Å². The van der Waals surface area contributed by atoms with Gasteiger partial charge in [0.1, 0.15) is 17.0 Å². The number of ether oxygens (including phenoxy) is 1. The van der Waals surface area contributed by atoms with E-state index in [4.69, 9.17) is 0 Å². The molecule has 0 aliphatic carbocycles. The molecule has 1 aliphatic heterocycles. The Kier molecular flexibility index (Phi) is 7.94. The Morgan fingerprint density at radius 1 is 1.55 bits per heavy atom. The smallest absolute Gasteiger partial charge is 0.407 e. The summed E-state index contributed by atoms with van der Waals surface area (Å²) in [7, 11) is 1.26. The first-order valence-corrected chi connectivity index (χ1v) is 8.14. The molecular weight excluding hydrogens is 352 g/mol. The third-order valence-corrected chi connectivity index (χ3v) is 3.43. The first-order chi connectivity index (χ1) is 10.5. The number of methoxy groups -OCH3 is 1. The maximum atomic E-state index is 12.1. The summed E-state index contributed by atoms with van der Waals surface area (Å²) in [4.78, 5) is 32.1. The van der Waals surface area contributed by atoms with Gasteiger partial charge >= 0.3 is 6.09 Å². The fraction of sp³-hybridized carbons (Fsp3) is 0.643. The van der Waals surface area contributed by atoms with Crippen molar-refractivity contribution >= 4 is 27.9 Å². The lowest BCUT2D eigenvalue weighted by Gasteiger charge is -2.23. The van der Waals surface area contributed by atoms with Crippen LogP contribution in [0.1, 0.15) is 45.0 Å². The highest BCUT2D eigenvalue weighted by Crippen LogP contribution is 2.30. The Balaban J connectivity index is 0.000000745. The first kappa shape index (κ1) is 18.5. The average molecular weight is 375 g/mol. The zero-order valence-corrected chi connectivity index (χ0v) is 14.8. The molecule has 7 nitrogen and oxygen atoms in total. The van der Waals surface area contributed by atoms with Crippen LogP contribution in [0.5, 0.6) is 0 Å². The van der Waals surface area contributed by atoms with E-state index in [9.17, 15) is 9.59 Å². The number of carbonyl (C=O) groups excluding carboxylic acids is 2. The number of alkyl carbamates (subject to hydrolysis) is 1. The van der Waals surface area contributed by atoms with Gasteiger partial charge in [0.2, 0.25) is 5.91 Å². The second kappa shape index (κ2) is 9.45. The molecule has 8 heteroatoms. The molecule has 1 fully saturated rings. The molecule has 2 N–H and O–H groups in total. The predicted molar refractivity (Wildman–Crippen MR) is 86.3 cm³/mol. The summed E-state index contributed by atoms with van der Waals surface area (Å²) in [5.41, 5.74) is 0. The van der Waals surface area contributed by atoms with Crippen LogP contribution in [0.3, 0.4) is 0 Å². The van der Waals surface area contributed by atoms with Gasteiger partial charge in [-0.05, 0) is 28.8 Å². The Hall–Kier alpha value is -1.57. The zero-order chi connectivity index (χ0) is 16.5. The van der Waals surface area contributed by atoms with Crippen LogP contribution in [-0.2, 0) is 9.53 Å². The van der Waals surface area contributed by atoms with E-state index in [1.807, 2.05) is 0 Å². The van der Waals surface area contributed by atoms with Gasteiger partial charge in [0.25, 0.3) is 0 Å². The minimum atomic E-state index is -0.607. The molecule has 2 rings (SSSR count). The topological polar surface area (TPSA) is 87.3 Å². The lowest BCUT2D eigenvalue weighted by molar-refractivity contribution is -0.131. The molecule has 0 aromatic carbocycles. The van der Waals surface area contributed by atoms with Crippen molar-refractivity contribution in [2.24, 2.45) is 0 Å². The predicted octanol–water partition coefficient (Wildman–Crippen LogP) is 2.61. The van der Waals surface area contributed by atoms with E-state index in [1.165, 1.54) is 13.5 Å². The number of hydrogen-bond donors (Lipinski definition) is 2. The van der Waals surface area contributed by atoms with Crippen LogP contribution in [-0.4, -0.2) is 47.1 Å². The number of rotatable bonds is 3. The van der Waals surface area contributed by atoms with Crippen molar-refractivity contribution in [3.8, 4) is 0 Å². The molecule has 0 saturated carbocycles. The van der Waals surface area contributed by atoms with Crippen LogP contribution in [0, 0.1) is 0 Å². The third-order valence-electron chi connectivity index (χ3n) is 3.02. The second-order valence-electron chi connectivity index (χ2n) is 4.91.